The summed E-state index contributed by atoms with van der Waals surface area (Å²) in [6, 6.07) is 8.42. The molecule has 0 saturated carbocycles. The van der Waals surface area contributed by atoms with Gasteiger partial charge in [-0.25, -0.2) is 4.39 Å². The van der Waals surface area contributed by atoms with Crippen molar-refractivity contribution in [2.24, 2.45) is 5.92 Å². The molecule has 152 valence electrons. The van der Waals surface area contributed by atoms with E-state index in [0.717, 1.165) is 23.5 Å². The predicted molar refractivity (Wildman–Crippen MR) is 111 cm³/mol. The second kappa shape index (κ2) is 7.86. The fourth-order valence-electron chi connectivity index (χ4n) is 3.35. The third-order valence-corrected chi connectivity index (χ3v) is 6.30. The van der Waals surface area contributed by atoms with Crippen LogP contribution in [-0.2, 0) is 9.59 Å². The van der Waals surface area contributed by atoms with E-state index >= 15 is 0 Å². The zero-order valence-electron chi connectivity index (χ0n) is 15.3. The van der Waals surface area contributed by atoms with E-state index in [1.807, 2.05) is 0 Å². The molecule has 1 fully saturated rings. The molecule has 2 unspecified atom stereocenters. The Bertz CT molecular complexity index is 1180. The molecule has 4 rings (SSSR count). The molecule has 0 N–H and O–H groups in total. The van der Waals surface area contributed by atoms with Crippen LogP contribution in [0.4, 0.5) is 9.52 Å². The van der Waals surface area contributed by atoms with E-state index in [4.69, 9.17) is 23.2 Å². The number of nitrogens with zero attached hydrogens (tertiary/aromatic N) is 3. The Morgan fingerprint density at radius 2 is 1.77 bits per heavy atom. The van der Waals surface area contributed by atoms with E-state index in [1.165, 1.54) is 29.2 Å². The van der Waals surface area contributed by atoms with Crippen LogP contribution in [0.2, 0.25) is 10.0 Å². The van der Waals surface area contributed by atoms with Gasteiger partial charge in [-0.05, 0) is 48.9 Å². The Morgan fingerprint density at radius 1 is 1.07 bits per heavy atom. The van der Waals surface area contributed by atoms with Gasteiger partial charge in [0.25, 0.3) is 5.91 Å². The maximum Gasteiger partial charge on any atom is 0.297 e. The van der Waals surface area contributed by atoms with Gasteiger partial charge in [0, 0.05) is 5.56 Å². The molecular formula is C20H12Cl2FN3O3S. The van der Waals surface area contributed by atoms with Crippen LogP contribution >= 0.6 is 34.5 Å². The Balaban J connectivity index is 1.86. The number of hydrogen-bond acceptors (Lipinski definition) is 6. The molecule has 0 radical (unpaired) electrons. The maximum absolute atomic E-state index is 13.3. The second-order valence-electron chi connectivity index (χ2n) is 6.61. The van der Waals surface area contributed by atoms with Gasteiger partial charge >= 0.3 is 0 Å². The molecule has 2 atom stereocenters. The van der Waals surface area contributed by atoms with E-state index < -0.39 is 35.3 Å². The quantitative estimate of drug-likeness (QED) is 0.324. The summed E-state index contributed by atoms with van der Waals surface area (Å²) in [4.78, 5) is 40.2. The minimum absolute atomic E-state index is 0.114. The minimum Gasteiger partial charge on any atom is -0.293 e. The molecule has 1 aliphatic rings. The number of anilines is 1. The van der Waals surface area contributed by atoms with Gasteiger partial charge in [-0.15, -0.1) is 10.2 Å². The highest BCUT2D eigenvalue weighted by Crippen LogP contribution is 2.43. The summed E-state index contributed by atoms with van der Waals surface area (Å²) in [6.07, 6.45) is 0. The first-order chi connectivity index (χ1) is 14.3. The van der Waals surface area contributed by atoms with Crippen molar-refractivity contribution in [3.8, 4) is 0 Å². The summed E-state index contributed by atoms with van der Waals surface area (Å²) in [7, 11) is 0. The number of rotatable bonds is 4. The van der Waals surface area contributed by atoms with Gasteiger partial charge in [0.2, 0.25) is 10.9 Å². The van der Waals surface area contributed by atoms with Crippen molar-refractivity contribution in [1.82, 2.24) is 10.2 Å². The number of carbonyl (C=O) groups excluding carboxylic acids is 3. The summed E-state index contributed by atoms with van der Waals surface area (Å²) in [5.41, 5.74) is 0.555. The number of aryl methyl sites for hydroxylation is 1. The Labute approximate surface area is 184 Å². The molecule has 2 heterocycles. The molecule has 2 aromatic carbocycles. The number of hydrogen-bond donors (Lipinski definition) is 0. The van der Waals surface area contributed by atoms with Crippen LogP contribution in [0.5, 0.6) is 0 Å². The van der Waals surface area contributed by atoms with Crippen LogP contribution in [0.25, 0.3) is 0 Å². The van der Waals surface area contributed by atoms with Crippen molar-refractivity contribution < 1.29 is 18.8 Å². The number of aromatic nitrogens is 2. The molecule has 0 bridgehead atoms. The number of amides is 1. The van der Waals surface area contributed by atoms with Crippen molar-refractivity contribution in [2.75, 3.05) is 4.90 Å². The molecule has 1 saturated heterocycles. The van der Waals surface area contributed by atoms with Gasteiger partial charge in [-0.1, -0.05) is 40.6 Å². The lowest BCUT2D eigenvalue weighted by molar-refractivity contribution is -0.135. The monoisotopic (exact) mass is 463 g/mol. The van der Waals surface area contributed by atoms with Crippen molar-refractivity contribution in [2.45, 2.75) is 13.0 Å². The molecule has 6 nitrogen and oxygen atoms in total. The lowest BCUT2D eigenvalue weighted by atomic mass is 9.86. The van der Waals surface area contributed by atoms with Crippen molar-refractivity contribution >= 4 is 57.1 Å². The Morgan fingerprint density at radius 3 is 2.37 bits per heavy atom. The molecule has 10 heteroatoms. The molecule has 30 heavy (non-hydrogen) atoms. The molecule has 1 aliphatic heterocycles. The number of halogens is 3. The largest absolute Gasteiger partial charge is 0.297 e. The SMILES string of the molecule is Cc1nnc(N2C(=O)C(=O)C(C(=O)c3ccc(F)cc3)C2c2ccc(Cl)c(Cl)c2)s1. The summed E-state index contributed by atoms with van der Waals surface area (Å²) in [5, 5.41) is 9.16. The fraction of sp³-hybridized carbons (Fsp3) is 0.150. The van der Waals surface area contributed by atoms with Gasteiger partial charge in [-0.3, -0.25) is 19.3 Å². The topological polar surface area (TPSA) is 80.2 Å². The average molecular weight is 464 g/mol. The van der Waals surface area contributed by atoms with Gasteiger partial charge in [-0.2, -0.15) is 0 Å². The van der Waals surface area contributed by atoms with E-state index in [2.05, 4.69) is 10.2 Å². The van der Waals surface area contributed by atoms with Crippen molar-refractivity contribution in [3.63, 3.8) is 0 Å². The third kappa shape index (κ3) is 3.51. The predicted octanol–water partition coefficient (Wildman–Crippen LogP) is 4.45. The van der Waals surface area contributed by atoms with E-state index in [1.54, 1.807) is 13.0 Å². The first-order valence-electron chi connectivity index (χ1n) is 8.70. The average Bonchev–Trinajstić information content (AvgIpc) is 3.25. The van der Waals surface area contributed by atoms with Crippen LogP contribution < -0.4 is 4.90 Å². The summed E-state index contributed by atoms with van der Waals surface area (Å²) < 4.78 is 13.3. The van der Waals surface area contributed by atoms with Crippen LogP contribution in [-0.4, -0.2) is 27.7 Å². The number of carbonyl (C=O) groups is 3. The molecule has 3 aromatic rings. The van der Waals surface area contributed by atoms with E-state index in [9.17, 15) is 18.8 Å². The fourth-order valence-corrected chi connectivity index (χ4v) is 4.38. The standard InChI is InChI=1S/C20H12Cl2FN3O3S/c1-9-24-25-20(30-9)26-16(11-4-7-13(21)14(22)8-11)15(18(28)19(26)29)17(27)10-2-5-12(23)6-3-10/h2-8,15-16H,1H3. The minimum atomic E-state index is -1.36. The van der Waals surface area contributed by atoms with Crippen LogP contribution in [0, 0.1) is 18.7 Å². The zero-order valence-corrected chi connectivity index (χ0v) is 17.6. The number of ketones is 2. The number of Topliss-reactive ketones (excluding diaryl/α,β-unsaturated/α-hetero) is 2. The maximum atomic E-state index is 13.3. The van der Waals surface area contributed by atoms with Crippen LogP contribution in [0.15, 0.2) is 42.5 Å². The molecular weight excluding hydrogens is 452 g/mol. The van der Waals surface area contributed by atoms with Gasteiger partial charge in [0.1, 0.15) is 16.7 Å². The highest BCUT2D eigenvalue weighted by atomic mass is 35.5. The summed E-state index contributed by atoms with van der Waals surface area (Å²) in [5.74, 6) is -4.24. The summed E-state index contributed by atoms with van der Waals surface area (Å²) >= 11 is 13.3. The molecule has 1 amide bonds. The smallest absolute Gasteiger partial charge is 0.293 e. The van der Waals surface area contributed by atoms with Gasteiger partial charge < -0.3 is 0 Å². The van der Waals surface area contributed by atoms with Crippen molar-refractivity contribution in [1.29, 1.82) is 0 Å². The van der Waals surface area contributed by atoms with E-state index in [-0.39, 0.29) is 20.7 Å². The Kier molecular flexibility index (Phi) is 5.40. The third-order valence-electron chi connectivity index (χ3n) is 4.72. The highest BCUT2D eigenvalue weighted by Gasteiger charge is 2.53. The first kappa shape index (κ1) is 20.6. The Hall–Kier alpha value is -2.68. The van der Waals surface area contributed by atoms with Crippen molar-refractivity contribution in [3.05, 3.63) is 74.5 Å². The normalized spacial score (nSPS) is 18.9. The van der Waals surface area contributed by atoms with Gasteiger partial charge in [0.05, 0.1) is 16.1 Å². The zero-order chi connectivity index (χ0) is 21.6. The highest BCUT2D eigenvalue weighted by molar-refractivity contribution is 7.15. The van der Waals surface area contributed by atoms with Gasteiger partial charge in [0.15, 0.2) is 5.78 Å². The van der Waals surface area contributed by atoms with Crippen LogP contribution in [0.1, 0.15) is 27.0 Å². The second-order valence-corrected chi connectivity index (χ2v) is 8.58. The lowest BCUT2D eigenvalue weighted by Gasteiger charge is -2.25. The van der Waals surface area contributed by atoms with E-state index in [0.29, 0.717) is 10.6 Å². The lowest BCUT2D eigenvalue weighted by Crippen LogP contribution is -2.30. The molecule has 0 aliphatic carbocycles. The van der Waals surface area contributed by atoms with Crippen LogP contribution in [0.3, 0.4) is 0 Å². The summed E-state index contributed by atoms with van der Waals surface area (Å²) in [6.45, 7) is 1.71. The first-order valence-corrected chi connectivity index (χ1v) is 10.3. The molecule has 1 aromatic heterocycles. The molecule has 0 spiro atoms. The number of benzene rings is 2.